The van der Waals surface area contributed by atoms with Crippen molar-refractivity contribution in [2.24, 2.45) is 5.92 Å². The molecule has 0 aromatic heterocycles. The Kier molecular flexibility index (Phi) is 4.90. The summed E-state index contributed by atoms with van der Waals surface area (Å²) in [7, 11) is 1.61. The molecular formula is C12H16N2O2S. The lowest BCUT2D eigenvalue weighted by Crippen LogP contribution is -2.36. The van der Waals surface area contributed by atoms with Crippen LogP contribution in [0.15, 0.2) is 24.3 Å². The standard InChI is InChI=1S/C12H16N2O2S/c1-8(2)11(15)14-12(17)13-9-4-6-10(16-3)7-5-9/h4-8H,1-3H3,(H2,13,14,15,17). The quantitative estimate of drug-likeness (QED) is 0.809. The molecule has 0 aliphatic carbocycles. The van der Waals surface area contributed by atoms with E-state index in [2.05, 4.69) is 10.6 Å². The zero-order chi connectivity index (χ0) is 12.8. The molecule has 92 valence electrons. The highest BCUT2D eigenvalue weighted by Gasteiger charge is 2.08. The molecule has 17 heavy (non-hydrogen) atoms. The highest BCUT2D eigenvalue weighted by molar-refractivity contribution is 7.80. The van der Waals surface area contributed by atoms with E-state index in [1.165, 1.54) is 0 Å². The minimum atomic E-state index is -0.101. The Morgan fingerprint density at radius 2 is 1.88 bits per heavy atom. The van der Waals surface area contributed by atoms with E-state index in [-0.39, 0.29) is 11.8 Å². The summed E-state index contributed by atoms with van der Waals surface area (Å²) in [6, 6.07) is 7.28. The number of methoxy groups -OCH3 is 1. The molecule has 1 aromatic rings. The first-order valence-corrected chi connectivity index (χ1v) is 5.69. The van der Waals surface area contributed by atoms with Crippen molar-refractivity contribution in [1.82, 2.24) is 5.32 Å². The zero-order valence-corrected chi connectivity index (χ0v) is 10.9. The van der Waals surface area contributed by atoms with Crippen molar-refractivity contribution in [2.75, 3.05) is 12.4 Å². The molecule has 0 unspecified atom stereocenters. The van der Waals surface area contributed by atoms with Crippen LogP contribution in [-0.2, 0) is 4.79 Å². The fourth-order valence-corrected chi connectivity index (χ4v) is 1.31. The highest BCUT2D eigenvalue weighted by atomic mass is 32.1. The van der Waals surface area contributed by atoms with E-state index in [1.54, 1.807) is 7.11 Å². The van der Waals surface area contributed by atoms with Crippen LogP contribution < -0.4 is 15.4 Å². The van der Waals surface area contributed by atoms with E-state index in [9.17, 15) is 4.79 Å². The SMILES string of the molecule is COc1ccc(NC(=S)NC(=O)C(C)C)cc1. The second-order valence-corrected chi connectivity index (χ2v) is 4.23. The number of carbonyl (C=O) groups is 1. The van der Waals surface area contributed by atoms with Gasteiger partial charge in [0.05, 0.1) is 7.11 Å². The summed E-state index contributed by atoms with van der Waals surface area (Å²) in [5, 5.41) is 5.83. The molecule has 4 nitrogen and oxygen atoms in total. The first kappa shape index (κ1) is 13.4. The summed E-state index contributed by atoms with van der Waals surface area (Å²) in [5.74, 6) is 0.578. The van der Waals surface area contributed by atoms with Gasteiger partial charge in [-0.3, -0.25) is 4.79 Å². The van der Waals surface area contributed by atoms with Gasteiger partial charge in [0, 0.05) is 11.6 Å². The van der Waals surface area contributed by atoms with Crippen molar-refractivity contribution >= 4 is 28.9 Å². The molecule has 0 saturated heterocycles. The number of nitrogens with one attached hydrogen (secondary N) is 2. The van der Waals surface area contributed by atoms with E-state index in [0.29, 0.717) is 5.11 Å². The lowest BCUT2D eigenvalue weighted by atomic mass is 10.2. The molecule has 1 rings (SSSR count). The van der Waals surface area contributed by atoms with Crippen LogP contribution >= 0.6 is 12.2 Å². The van der Waals surface area contributed by atoms with E-state index < -0.39 is 0 Å². The van der Waals surface area contributed by atoms with Gasteiger partial charge in [-0.2, -0.15) is 0 Å². The van der Waals surface area contributed by atoms with Gasteiger partial charge in [0.2, 0.25) is 5.91 Å². The van der Waals surface area contributed by atoms with Gasteiger partial charge in [0.25, 0.3) is 0 Å². The third-order valence-corrected chi connectivity index (χ3v) is 2.31. The largest absolute Gasteiger partial charge is 0.497 e. The van der Waals surface area contributed by atoms with Crippen molar-refractivity contribution in [3.63, 3.8) is 0 Å². The Balaban J connectivity index is 2.53. The second kappa shape index (κ2) is 6.20. The number of rotatable bonds is 3. The molecule has 0 aliphatic rings. The van der Waals surface area contributed by atoms with Crippen molar-refractivity contribution in [1.29, 1.82) is 0 Å². The van der Waals surface area contributed by atoms with Crippen LogP contribution in [0.25, 0.3) is 0 Å². The van der Waals surface area contributed by atoms with E-state index in [0.717, 1.165) is 11.4 Å². The minimum absolute atomic E-state index is 0.0920. The van der Waals surface area contributed by atoms with E-state index in [4.69, 9.17) is 17.0 Å². The molecular weight excluding hydrogens is 236 g/mol. The first-order chi connectivity index (χ1) is 8.02. The molecule has 2 N–H and O–H groups in total. The summed E-state index contributed by atoms with van der Waals surface area (Å²) in [6.07, 6.45) is 0. The maximum Gasteiger partial charge on any atom is 0.228 e. The summed E-state index contributed by atoms with van der Waals surface area (Å²) in [5.41, 5.74) is 0.805. The number of thiocarbonyl (C=S) groups is 1. The normalized spacial score (nSPS) is 9.88. The zero-order valence-electron chi connectivity index (χ0n) is 10.1. The topological polar surface area (TPSA) is 50.4 Å². The van der Waals surface area contributed by atoms with Gasteiger partial charge in [-0.1, -0.05) is 13.8 Å². The fourth-order valence-electron chi connectivity index (χ4n) is 1.09. The molecule has 0 radical (unpaired) electrons. The average molecular weight is 252 g/mol. The molecule has 0 heterocycles. The lowest BCUT2D eigenvalue weighted by molar-refractivity contribution is -0.122. The van der Waals surface area contributed by atoms with E-state index >= 15 is 0 Å². The number of benzene rings is 1. The van der Waals surface area contributed by atoms with Gasteiger partial charge >= 0.3 is 0 Å². The van der Waals surface area contributed by atoms with Crippen LogP contribution in [0.5, 0.6) is 5.75 Å². The van der Waals surface area contributed by atoms with Gasteiger partial charge in [-0.25, -0.2) is 0 Å². The number of amides is 1. The number of hydrogen-bond donors (Lipinski definition) is 2. The van der Waals surface area contributed by atoms with Crippen molar-refractivity contribution < 1.29 is 9.53 Å². The predicted octanol–water partition coefficient (Wildman–Crippen LogP) is 2.16. The molecule has 0 spiro atoms. The smallest absolute Gasteiger partial charge is 0.228 e. The molecule has 0 bridgehead atoms. The third kappa shape index (κ3) is 4.40. The Morgan fingerprint density at radius 1 is 1.29 bits per heavy atom. The van der Waals surface area contributed by atoms with Gasteiger partial charge in [-0.05, 0) is 36.5 Å². The molecule has 1 aromatic carbocycles. The maximum absolute atomic E-state index is 11.4. The summed E-state index contributed by atoms with van der Waals surface area (Å²) in [4.78, 5) is 11.4. The van der Waals surface area contributed by atoms with Crippen molar-refractivity contribution in [3.8, 4) is 5.75 Å². The molecule has 0 aliphatic heterocycles. The highest BCUT2D eigenvalue weighted by Crippen LogP contribution is 2.14. The van der Waals surface area contributed by atoms with Crippen molar-refractivity contribution in [3.05, 3.63) is 24.3 Å². The van der Waals surface area contributed by atoms with Crippen molar-refractivity contribution in [2.45, 2.75) is 13.8 Å². The van der Waals surface area contributed by atoms with Gasteiger partial charge in [0.15, 0.2) is 5.11 Å². The number of ether oxygens (including phenoxy) is 1. The van der Waals surface area contributed by atoms with Crippen LogP contribution in [0.3, 0.4) is 0 Å². The number of carbonyl (C=O) groups excluding carboxylic acids is 1. The van der Waals surface area contributed by atoms with Gasteiger partial charge in [0.1, 0.15) is 5.75 Å². The Hall–Kier alpha value is -1.62. The second-order valence-electron chi connectivity index (χ2n) is 3.83. The fraction of sp³-hybridized carbons (Fsp3) is 0.333. The summed E-state index contributed by atoms with van der Waals surface area (Å²) in [6.45, 7) is 3.62. The Morgan fingerprint density at radius 3 is 2.35 bits per heavy atom. The molecule has 1 amide bonds. The molecule has 5 heteroatoms. The minimum Gasteiger partial charge on any atom is -0.497 e. The Bertz CT molecular complexity index is 401. The lowest BCUT2D eigenvalue weighted by Gasteiger charge is -2.11. The third-order valence-electron chi connectivity index (χ3n) is 2.11. The summed E-state index contributed by atoms with van der Waals surface area (Å²) < 4.78 is 5.04. The van der Waals surface area contributed by atoms with Gasteiger partial charge < -0.3 is 15.4 Å². The van der Waals surface area contributed by atoms with Crippen LogP contribution in [0.4, 0.5) is 5.69 Å². The summed E-state index contributed by atoms with van der Waals surface area (Å²) >= 11 is 5.02. The monoisotopic (exact) mass is 252 g/mol. The average Bonchev–Trinajstić information content (AvgIpc) is 2.29. The van der Waals surface area contributed by atoms with E-state index in [1.807, 2.05) is 38.1 Å². The molecule has 0 atom stereocenters. The van der Waals surface area contributed by atoms with Crippen LogP contribution in [0.1, 0.15) is 13.8 Å². The Labute approximate surface area is 106 Å². The predicted molar refractivity (Wildman–Crippen MR) is 72.2 cm³/mol. The van der Waals surface area contributed by atoms with Gasteiger partial charge in [-0.15, -0.1) is 0 Å². The first-order valence-electron chi connectivity index (χ1n) is 5.29. The maximum atomic E-state index is 11.4. The van der Waals surface area contributed by atoms with Crippen LogP contribution in [-0.4, -0.2) is 18.1 Å². The van der Waals surface area contributed by atoms with Crippen LogP contribution in [0, 0.1) is 5.92 Å². The molecule has 0 fully saturated rings. The number of hydrogen-bond acceptors (Lipinski definition) is 3. The number of anilines is 1. The molecule has 0 saturated carbocycles. The van der Waals surface area contributed by atoms with Crippen LogP contribution in [0.2, 0.25) is 0 Å².